The quantitative estimate of drug-likeness (QED) is 0.606. The SMILES string of the molecule is Cc1ccc(C)c2sc(N(CCCN3CCOCC3)C(=O)CN(C)S(C)(=O)=O)nc12. The molecule has 2 aromatic rings. The first-order valence-corrected chi connectivity index (χ1v) is 12.7. The first-order chi connectivity index (χ1) is 14.2. The molecule has 1 aromatic heterocycles. The number of carbonyl (C=O) groups excluding carboxylic acids is 1. The summed E-state index contributed by atoms with van der Waals surface area (Å²) < 4.78 is 31.1. The van der Waals surface area contributed by atoms with Gasteiger partial charge in [-0.05, 0) is 31.4 Å². The highest BCUT2D eigenvalue weighted by atomic mass is 32.2. The minimum atomic E-state index is -3.44. The monoisotopic (exact) mass is 454 g/mol. The fraction of sp³-hybridized carbons (Fsp3) is 0.600. The fourth-order valence-electron chi connectivity index (χ4n) is 3.36. The molecule has 0 radical (unpaired) electrons. The maximum atomic E-state index is 13.1. The normalized spacial score (nSPS) is 15.8. The predicted molar refractivity (Wildman–Crippen MR) is 121 cm³/mol. The lowest BCUT2D eigenvalue weighted by molar-refractivity contribution is -0.118. The molecule has 1 aliphatic heterocycles. The van der Waals surface area contributed by atoms with Crippen LogP contribution in [0.5, 0.6) is 0 Å². The highest BCUT2D eigenvalue weighted by Crippen LogP contribution is 2.33. The number of carbonyl (C=O) groups is 1. The smallest absolute Gasteiger partial charge is 0.244 e. The van der Waals surface area contributed by atoms with Gasteiger partial charge in [-0.2, -0.15) is 4.31 Å². The van der Waals surface area contributed by atoms with Crippen LogP contribution in [0.4, 0.5) is 5.13 Å². The molecule has 1 amide bonds. The molecule has 3 rings (SSSR count). The molecule has 30 heavy (non-hydrogen) atoms. The van der Waals surface area contributed by atoms with E-state index in [1.807, 2.05) is 19.9 Å². The number of thiazole rings is 1. The van der Waals surface area contributed by atoms with Crippen LogP contribution in [-0.2, 0) is 19.6 Å². The van der Waals surface area contributed by atoms with E-state index in [-0.39, 0.29) is 12.5 Å². The van der Waals surface area contributed by atoms with Gasteiger partial charge in [0, 0.05) is 33.2 Å². The van der Waals surface area contributed by atoms with Crippen molar-refractivity contribution in [2.45, 2.75) is 20.3 Å². The molecule has 0 saturated carbocycles. The van der Waals surface area contributed by atoms with E-state index in [2.05, 4.69) is 11.0 Å². The molecular weight excluding hydrogens is 424 g/mol. The van der Waals surface area contributed by atoms with Crippen molar-refractivity contribution in [3.63, 3.8) is 0 Å². The number of morpholine rings is 1. The Morgan fingerprint density at radius 2 is 1.90 bits per heavy atom. The second-order valence-electron chi connectivity index (χ2n) is 7.75. The molecule has 0 N–H and O–H groups in total. The Bertz CT molecular complexity index is 961. The van der Waals surface area contributed by atoms with Gasteiger partial charge in [0.15, 0.2) is 5.13 Å². The van der Waals surface area contributed by atoms with Gasteiger partial charge >= 0.3 is 0 Å². The molecule has 166 valence electrons. The summed E-state index contributed by atoms with van der Waals surface area (Å²) in [6.45, 7) is 8.44. The Morgan fingerprint density at radius 3 is 2.53 bits per heavy atom. The summed E-state index contributed by atoms with van der Waals surface area (Å²) in [4.78, 5) is 21.8. The van der Waals surface area contributed by atoms with Crippen molar-refractivity contribution in [1.82, 2.24) is 14.2 Å². The van der Waals surface area contributed by atoms with Gasteiger partial charge in [0.25, 0.3) is 0 Å². The topological polar surface area (TPSA) is 83.0 Å². The summed E-state index contributed by atoms with van der Waals surface area (Å²) >= 11 is 1.49. The molecule has 1 fully saturated rings. The zero-order chi connectivity index (χ0) is 21.9. The lowest BCUT2D eigenvalue weighted by Crippen LogP contribution is -2.43. The number of fused-ring (bicyclic) bond motifs is 1. The van der Waals surface area contributed by atoms with Crippen LogP contribution in [-0.4, -0.2) is 87.8 Å². The zero-order valence-electron chi connectivity index (χ0n) is 18.0. The van der Waals surface area contributed by atoms with Crippen molar-refractivity contribution in [2.24, 2.45) is 0 Å². The third kappa shape index (κ3) is 5.55. The van der Waals surface area contributed by atoms with E-state index in [0.717, 1.165) is 71.2 Å². The molecule has 1 saturated heterocycles. The van der Waals surface area contributed by atoms with E-state index in [9.17, 15) is 13.2 Å². The summed E-state index contributed by atoms with van der Waals surface area (Å²) in [5, 5.41) is 0.622. The Labute approximate surface area is 182 Å². The number of anilines is 1. The van der Waals surface area contributed by atoms with Crippen LogP contribution in [0, 0.1) is 13.8 Å². The summed E-state index contributed by atoms with van der Waals surface area (Å²) in [6, 6.07) is 4.09. The molecule has 0 unspecified atom stereocenters. The standard InChI is InChI=1S/C20H30N4O4S2/c1-15-6-7-16(2)19-18(15)21-20(29-19)24(17(25)14-22(3)30(4,26)27)9-5-8-23-10-12-28-13-11-23/h6-7H,5,8-14H2,1-4H3. The maximum Gasteiger partial charge on any atom is 0.244 e. The van der Waals surface area contributed by atoms with Gasteiger partial charge in [0.2, 0.25) is 15.9 Å². The predicted octanol–water partition coefficient (Wildman–Crippen LogP) is 1.86. The van der Waals surface area contributed by atoms with Crippen LogP contribution in [0.3, 0.4) is 0 Å². The third-order valence-corrected chi connectivity index (χ3v) is 7.82. The molecule has 0 aliphatic carbocycles. The number of likely N-dealkylation sites (N-methyl/N-ethyl adjacent to an activating group) is 1. The molecule has 2 heterocycles. The number of nitrogens with zero attached hydrogens (tertiary/aromatic N) is 4. The third-order valence-electron chi connectivity index (χ3n) is 5.35. The Morgan fingerprint density at radius 1 is 1.23 bits per heavy atom. The summed E-state index contributed by atoms with van der Waals surface area (Å²) in [5.41, 5.74) is 3.08. The summed E-state index contributed by atoms with van der Waals surface area (Å²) in [7, 11) is -2.02. The molecule has 8 nitrogen and oxygen atoms in total. The van der Waals surface area contributed by atoms with E-state index < -0.39 is 10.0 Å². The highest BCUT2D eigenvalue weighted by molar-refractivity contribution is 7.88. The zero-order valence-corrected chi connectivity index (χ0v) is 19.7. The lowest BCUT2D eigenvalue weighted by Gasteiger charge is -2.28. The number of aromatic nitrogens is 1. The minimum Gasteiger partial charge on any atom is -0.379 e. The van der Waals surface area contributed by atoms with Crippen molar-refractivity contribution in [3.8, 4) is 0 Å². The van der Waals surface area contributed by atoms with Crippen LogP contribution in [0.25, 0.3) is 10.2 Å². The van der Waals surface area contributed by atoms with Gasteiger partial charge in [0.05, 0.1) is 36.2 Å². The molecular formula is C20H30N4O4S2. The van der Waals surface area contributed by atoms with E-state index in [1.54, 1.807) is 4.90 Å². The van der Waals surface area contributed by atoms with E-state index in [4.69, 9.17) is 9.72 Å². The van der Waals surface area contributed by atoms with Gasteiger partial charge in [-0.15, -0.1) is 0 Å². The fourth-order valence-corrected chi connectivity index (χ4v) is 4.86. The van der Waals surface area contributed by atoms with E-state index in [1.165, 1.54) is 18.4 Å². The van der Waals surface area contributed by atoms with Crippen LogP contribution >= 0.6 is 11.3 Å². The van der Waals surface area contributed by atoms with Gasteiger partial charge in [-0.1, -0.05) is 23.5 Å². The number of amides is 1. The first kappa shape index (κ1) is 23.1. The molecule has 0 spiro atoms. The van der Waals surface area contributed by atoms with Gasteiger partial charge < -0.3 is 4.74 Å². The van der Waals surface area contributed by atoms with Crippen LogP contribution in [0.15, 0.2) is 12.1 Å². The number of aryl methyl sites for hydroxylation is 2. The largest absolute Gasteiger partial charge is 0.379 e. The number of rotatable bonds is 8. The van der Waals surface area contributed by atoms with Gasteiger partial charge in [0.1, 0.15) is 0 Å². The molecule has 10 heteroatoms. The van der Waals surface area contributed by atoms with Gasteiger partial charge in [-0.3, -0.25) is 14.6 Å². The van der Waals surface area contributed by atoms with Gasteiger partial charge in [-0.25, -0.2) is 13.4 Å². The molecule has 0 bridgehead atoms. The van der Waals surface area contributed by atoms with Crippen molar-refractivity contribution in [3.05, 3.63) is 23.3 Å². The lowest BCUT2D eigenvalue weighted by atomic mass is 10.1. The number of sulfonamides is 1. The highest BCUT2D eigenvalue weighted by Gasteiger charge is 2.24. The Balaban J connectivity index is 1.82. The first-order valence-electron chi connectivity index (χ1n) is 10.1. The average molecular weight is 455 g/mol. The van der Waals surface area contributed by atoms with Crippen molar-refractivity contribution in [2.75, 3.05) is 64.1 Å². The van der Waals surface area contributed by atoms with Crippen molar-refractivity contribution in [1.29, 1.82) is 0 Å². The summed E-state index contributed by atoms with van der Waals surface area (Å²) in [5.74, 6) is -0.265. The summed E-state index contributed by atoms with van der Waals surface area (Å²) in [6.07, 6.45) is 1.88. The number of hydrogen-bond acceptors (Lipinski definition) is 7. The number of ether oxygens (including phenoxy) is 1. The average Bonchev–Trinajstić information content (AvgIpc) is 3.14. The van der Waals surface area contributed by atoms with Crippen LogP contribution in [0.2, 0.25) is 0 Å². The van der Waals surface area contributed by atoms with E-state index >= 15 is 0 Å². The molecule has 1 aliphatic rings. The maximum absolute atomic E-state index is 13.1. The molecule has 1 aromatic carbocycles. The van der Waals surface area contributed by atoms with Crippen molar-refractivity contribution < 1.29 is 17.9 Å². The van der Waals surface area contributed by atoms with E-state index in [0.29, 0.717) is 11.7 Å². The Kier molecular flexibility index (Phi) is 7.46. The number of benzene rings is 1. The van der Waals surface area contributed by atoms with Crippen molar-refractivity contribution >= 4 is 42.6 Å². The number of hydrogen-bond donors (Lipinski definition) is 0. The second-order valence-corrected chi connectivity index (χ2v) is 10.8. The minimum absolute atomic E-state index is 0.204. The Hall–Kier alpha value is -1.59. The molecule has 0 atom stereocenters. The van der Waals surface area contributed by atoms with Crippen LogP contribution in [0.1, 0.15) is 17.5 Å². The second kappa shape index (κ2) is 9.69. The van der Waals surface area contributed by atoms with Crippen LogP contribution < -0.4 is 4.90 Å².